The Morgan fingerprint density at radius 3 is 2.74 bits per heavy atom. The van der Waals surface area contributed by atoms with Crippen LogP contribution in [-0.2, 0) is 26.4 Å². The lowest BCUT2D eigenvalue weighted by Crippen LogP contribution is -2.30. The van der Waals surface area contributed by atoms with Gasteiger partial charge in [0.15, 0.2) is 0 Å². The number of aromatic nitrogens is 4. The summed E-state index contributed by atoms with van der Waals surface area (Å²) in [6.07, 6.45) is 7.72. The van der Waals surface area contributed by atoms with Gasteiger partial charge >= 0.3 is 0 Å². The fourth-order valence-electron chi connectivity index (χ4n) is 2.30. The summed E-state index contributed by atoms with van der Waals surface area (Å²) in [6, 6.07) is 0.0677. The molecular formula is C13H22N6. The van der Waals surface area contributed by atoms with Crippen LogP contribution in [0.4, 0.5) is 0 Å². The monoisotopic (exact) mass is 262 g/mol. The summed E-state index contributed by atoms with van der Waals surface area (Å²) in [5.74, 6) is 5.71. The van der Waals surface area contributed by atoms with E-state index >= 15 is 0 Å². The van der Waals surface area contributed by atoms with Gasteiger partial charge in [-0.3, -0.25) is 20.6 Å². The summed E-state index contributed by atoms with van der Waals surface area (Å²) >= 11 is 0. The Bertz CT molecular complexity index is 527. The SMILES string of the molecule is CCc1nn(C)cc1C(Cc1cnn(CC)c1)NN. The van der Waals surface area contributed by atoms with Crippen LogP contribution < -0.4 is 11.3 Å². The Morgan fingerprint density at radius 1 is 1.37 bits per heavy atom. The number of rotatable bonds is 6. The molecule has 0 aliphatic heterocycles. The number of hydrazine groups is 1. The number of hydrogen-bond acceptors (Lipinski definition) is 4. The fourth-order valence-corrected chi connectivity index (χ4v) is 2.30. The predicted octanol–water partition coefficient (Wildman–Crippen LogP) is 0.946. The minimum absolute atomic E-state index is 0.0677. The second kappa shape index (κ2) is 5.99. The zero-order valence-electron chi connectivity index (χ0n) is 11.8. The molecule has 1 unspecified atom stereocenters. The summed E-state index contributed by atoms with van der Waals surface area (Å²) in [6.45, 7) is 5.06. The molecule has 2 aromatic heterocycles. The van der Waals surface area contributed by atoms with E-state index in [1.165, 1.54) is 5.56 Å². The Morgan fingerprint density at radius 2 is 2.16 bits per heavy atom. The molecule has 6 nitrogen and oxygen atoms in total. The van der Waals surface area contributed by atoms with E-state index in [2.05, 4.69) is 35.7 Å². The lowest BCUT2D eigenvalue weighted by Gasteiger charge is -2.14. The highest BCUT2D eigenvalue weighted by molar-refractivity contribution is 5.24. The highest BCUT2D eigenvalue weighted by Crippen LogP contribution is 2.21. The molecule has 0 spiro atoms. The Labute approximate surface area is 113 Å². The van der Waals surface area contributed by atoms with Gasteiger partial charge in [-0.05, 0) is 25.3 Å². The second-order valence-corrected chi connectivity index (χ2v) is 4.69. The molecule has 19 heavy (non-hydrogen) atoms. The van der Waals surface area contributed by atoms with E-state index in [-0.39, 0.29) is 6.04 Å². The van der Waals surface area contributed by atoms with Gasteiger partial charge in [0, 0.05) is 31.5 Å². The van der Waals surface area contributed by atoms with Crippen molar-refractivity contribution in [2.45, 2.75) is 39.3 Å². The van der Waals surface area contributed by atoms with Crippen LogP contribution >= 0.6 is 0 Å². The second-order valence-electron chi connectivity index (χ2n) is 4.69. The molecule has 2 rings (SSSR count). The van der Waals surface area contributed by atoms with Gasteiger partial charge in [0.25, 0.3) is 0 Å². The molecule has 0 bridgehead atoms. The maximum Gasteiger partial charge on any atom is 0.0670 e. The van der Waals surface area contributed by atoms with E-state index in [1.807, 2.05) is 28.8 Å². The van der Waals surface area contributed by atoms with Crippen molar-refractivity contribution in [3.63, 3.8) is 0 Å². The topological polar surface area (TPSA) is 73.7 Å². The van der Waals surface area contributed by atoms with Crippen molar-refractivity contribution >= 4 is 0 Å². The average Bonchev–Trinajstić information content (AvgIpc) is 3.01. The van der Waals surface area contributed by atoms with Crippen LogP contribution in [0.3, 0.4) is 0 Å². The van der Waals surface area contributed by atoms with Crippen LogP contribution in [0.25, 0.3) is 0 Å². The van der Waals surface area contributed by atoms with Crippen LogP contribution in [-0.4, -0.2) is 19.6 Å². The lowest BCUT2D eigenvalue weighted by atomic mass is 10.0. The van der Waals surface area contributed by atoms with Gasteiger partial charge in [-0.2, -0.15) is 10.2 Å². The average molecular weight is 262 g/mol. The van der Waals surface area contributed by atoms with Crippen LogP contribution in [0.1, 0.15) is 36.7 Å². The summed E-state index contributed by atoms with van der Waals surface area (Å²) in [5.41, 5.74) is 6.32. The third-order valence-corrected chi connectivity index (χ3v) is 3.30. The smallest absolute Gasteiger partial charge is 0.0670 e. The molecule has 0 saturated carbocycles. The van der Waals surface area contributed by atoms with Crippen LogP contribution in [0, 0.1) is 0 Å². The molecule has 0 aromatic carbocycles. The predicted molar refractivity (Wildman–Crippen MR) is 74.3 cm³/mol. The number of hydrogen-bond donors (Lipinski definition) is 2. The molecule has 0 radical (unpaired) electrons. The normalized spacial score (nSPS) is 12.8. The van der Waals surface area contributed by atoms with E-state index in [0.29, 0.717) is 0 Å². The summed E-state index contributed by atoms with van der Waals surface area (Å²) in [5, 5.41) is 8.75. The molecular weight excluding hydrogens is 240 g/mol. The van der Waals surface area contributed by atoms with Gasteiger partial charge in [-0.15, -0.1) is 0 Å². The van der Waals surface area contributed by atoms with Gasteiger partial charge in [-0.1, -0.05) is 6.92 Å². The van der Waals surface area contributed by atoms with Gasteiger partial charge in [0.1, 0.15) is 0 Å². The van der Waals surface area contributed by atoms with Crippen molar-refractivity contribution in [1.82, 2.24) is 25.0 Å². The summed E-state index contributed by atoms with van der Waals surface area (Å²) in [4.78, 5) is 0. The molecule has 6 heteroatoms. The van der Waals surface area contributed by atoms with Crippen molar-refractivity contribution in [3.8, 4) is 0 Å². The number of nitrogens with zero attached hydrogens (tertiary/aromatic N) is 4. The first-order chi connectivity index (χ1) is 9.17. The van der Waals surface area contributed by atoms with Gasteiger partial charge in [-0.25, -0.2) is 0 Å². The molecule has 0 saturated heterocycles. The standard InChI is InChI=1S/C13H22N6/c1-4-12-11(9-18(3)17-12)13(16-14)6-10-7-15-19(5-2)8-10/h7-9,13,16H,4-6,14H2,1-3H3. The summed E-state index contributed by atoms with van der Waals surface area (Å²) < 4.78 is 3.76. The number of aryl methyl sites for hydroxylation is 3. The highest BCUT2D eigenvalue weighted by atomic mass is 15.3. The first kappa shape index (κ1) is 13.8. The Kier molecular flexibility index (Phi) is 4.34. The van der Waals surface area contributed by atoms with Gasteiger partial charge < -0.3 is 0 Å². The quantitative estimate of drug-likeness (QED) is 0.600. The van der Waals surface area contributed by atoms with Crippen LogP contribution in [0.2, 0.25) is 0 Å². The fraction of sp³-hybridized carbons (Fsp3) is 0.538. The molecule has 0 aliphatic carbocycles. The molecule has 0 fully saturated rings. The molecule has 3 N–H and O–H groups in total. The van der Waals surface area contributed by atoms with E-state index in [9.17, 15) is 0 Å². The van der Waals surface area contributed by atoms with Crippen molar-refractivity contribution in [3.05, 3.63) is 35.4 Å². The zero-order chi connectivity index (χ0) is 13.8. The minimum atomic E-state index is 0.0677. The van der Waals surface area contributed by atoms with Gasteiger partial charge in [0.05, 0.1) is 17.9 Å². The Balaban J connectivity index is 2.19. The minimum Gasteiger partial charge on any atom is -0.275 e. The number of nitrogens with two attached hydrogens (primary N) is 1. The van der Waals surface area contributed by atoms with Crippen LogP contribution in [0.5, 0.6) is 0 Å². The molecule has 0 amide bonds. The largest absolute Gasteiger partial charge is 0.275 e. The van der Waals surface area contributed by atoms with Crippen molar-refractivity contribution < 1.29 is 0 Å². The first-order valence-corrected chi connectivity index (χ1v) is 6.67. The molecule has 1 atom stereocenters. The Hall–Kier alpha value is -1.66. The molecule has 104 valence electrons. The van der Waals surface area contributed by atoms with E-state index in [4.69, 9.17) is 5.84 Å². The zero-order valence-corrected chi connectivity index (χ0v) is 11.8. The maximum atomic E-state index is 5.71. The lowest BCUT2D eigenvalue weighted by molar-refractivity contribution is 0.547. The number of nitrogens with one attached hydrogen (secondary N) is 1. The highest BCUT2D eigenvalue weighted by Gasteiger charge is 2.17. The first-order valence-electron chi connectivity index (χ1n) is 6.67. The maximum absolute atomic E-state index is 5.71. The van der Waals surface area contributed by atoms with E-state index in [1.54, 1.807) is 0 Å². The van der Waals surface area contributed by atoms with Crippen LogP contribution in [0.15, 0.2) is 18.6 Å². The third kappa shape index (κ3) is 3.02. The van der Waals surface area contributed by atoms with Crippen molar-refractivity contribution in [2.24, 2.45) is 12.9 Å². The van der Waals surface area contributed by atoms with Crippen molar-refractivity contribution in [2.75, 3.05) is 0 Å². The molecule has 2 heterocycles. The van der Waals surface area contributed by atoms with Crippen molar-refractivity contribution in [1.29, 1.82) is 0 Å². The molecule has 2 aromatic rings. The van der Waals surface area contributed by atoms with Gasteiger partial charge in [0.2, 0.25) is 0 Å². The molecule has 0 aliphatic rings. The van der Waals surface area contributed by atoms with E-state index < -0.39 is 0 Å². The summed E-state index contributed by atoms with van der Waals surface area (Å²) in [7, 11) is 1.94. The third-order valence-electron chi connectivity index (χ3n) is 3.30. The van der Waals surface area contributed by atoms with E-state index in [0.717, 1.165) is 30.6 Å².